The molecule has 0 radical (unpaired) electrons. The summed E-state index contributed by atoms with van der Waals surface area (Å²) in [7, 11) is -5.13. The van der Waals surface area contributed by atoms with Crippen LogP contribution in [-0.4, -0.2) is 98.3 Å². The van der Waals surface area contributed by atoms with Crippen molar-refractivity contribution in [3.05, 3.63) is 48.6 Å². The first-order valence-electron chi connectivity index (χ1n) is 24.4. The van der Waals surface area contributed by atoms with Gasteiger partial charge in [0.15, 0.2) is 6.10 Å². The molecule has 0 aromatic heterocycles. The second-order valence-electron chi connectivity index (χ2n) is 17.0. The number of allylic oxidation sites excluding steroid dienone is 8. The van der Waals surface area contributed by atoms with Crippen LogP contribution in [0.3, 0.4) is 0 Å². The molecule has 13 nitrogen and oxygen atoms in total. The first kappa shape index (κ1) is 58.8. The molecule has 0 aliphatic heterocycles. The minimum atomic E-state index is -5.13. The number of carbonyl (C=O) groups excluding carboxylic acids is 2. The maximum atomic E-state index is 12.8. The summed E-state index contributed by atoms with van der Waals surface area (Å²) in [6, 6.07) is 0. The summed E-state index contributed by atoms with van der Waals surface area (Å²) in [4.78, 5) is 35.7. The smallest absolute Gasteiger partial charge is 0.462 e. The van der Waals surface area contributed by atoms with E-state index >= 15 is 0 Å². The Morgan fingerprint density at radius 3 is 1.38 bits per heavy atom. The summed E-state index contributed by atoms with van der Waals surface area (Å²) in [6.45, 7) is 3.24. The highest BCUT2D eigenvalue weighted by Gasteiger charge is 2.51. The Morgan fingerprint density at radius 1 is 0.492 bits per heavy atom. The highest BCUT2D eigenvalue weighted by atomic mass is 31.2. The number of phosphoric acid groups is 1. The van der Waals surface area contributed by atoms with Crippen LogP contribution in [0.2, 0.25) is 0 Å². The van der Waals surface area contributed by atoms with Gasteiger partial charge in [-0.05, 0) is 77.0 Å². The molecule has 0 bridgehead atoms. The number of aliphatic hydroxyl groups excluding tert-OH is 5. The molecule has 0 amide bonds. The molecule has 6 N–H and O–H groups in total. The molecule has 0 aromatic carbocycles. The van der Waals surface area contributed by atoms with Crippen molar-refractivity contribution in [1.82, 2.24) is 0 Å². The third-order valence-corrected chi connectivity index (χ3v) is 12.1. The number of carbonyl (C=O) groups is 2. The Bertz CT molecular complexity index is 1290. The van der Waals surface area contributed by atoms with E-state index in [1.165, 1.54) is 83.5 Å². The van der Waals surface area contributed by atoms with E-state index in [0.717, 1.165) is 70.6 Å². The Balaban J connectivity index is 2.46. The fourth-order valence-corrected chi connectivity index (χ4v) is 8.14. The number of hydrogen-bond acceptors (Lipinski definition) is 12. The van der Waals surface area contributed by atoms with Gasteiger partial charge in [-0.25, -0.2) is 4.57 Å². The summed E-state index contributed by atoms with van der Waals surface area (Å²) in [5.41, 5.74) is 0. The Labute approximate surface area is 380 Å². The molecule has 63 heavy (non-hydrogen) atoms. The number of ether oxygens (including phenoxy) is 2. The van der Waals surface area contributed by atoms with E-state index in [1.807, 2.05) is 0 Å². The van der Waals surface area contributed by atoms with Crippen molar-refractivity contribution >= 4 is 19.8 Å². The Kier molecular flexibility index (Phi) is 36.4. The number of phosphoric ester groups is 1. The summed E-state index contributed by atoms with van der Waals surface area (Å²) >= 11 is 0. The molecule has 1 saturated carbocycles. The van der Waals surface area contributed by atoms with Gasteiger partial charge in [-0.15, -0.1) is 0 Å². The highest BCUT2D eigenvalue weighted by molar-refractivity contribution is 7.47. The zero-order chi connectivity index (χ0) is 46.4. The average molecular weight is 915 g/mol. The van der Waals surface area contributed by atoms with Gasteiger partial charge in [0.05, 0.1) is 6.61 Å². The number of esters is 2. The van der Waals surface area contributed by atoms with Crippen LogP contribution in [0.25, 0.3) is 0 Å². The molecule has 366 valence electrons. The fourth-order valence-electron chi connectivity index (χ4n) is 7.17. The second kappa shape index (κ2) is 39.0. The lowest BCUT2D eigenvalue weighted by atomic mass is 9.85. The van der Waals surface area contributed by atoms with Crippen molar-refractivity contribution in [2.75, 3.05) is 13.2 Å². The lowest BCUT2D eigenvalue weighted by molar-refractivity contribution is -0.220. The van der Waals surface area contributed by atoms with Gasteiger partial charge < -0.3 is 39.9 Å². The number of aliphatic hydroxyl groups is 5. The van der Waals surface area contributed by atoms with E-state index in [0.29, 0.717) is 12.8 Å². The molecular weight excluding hydrogens is 827 g/mol. The van der Waals surface area contributed by atoms with Crippen molar-refractivity contribution in [3.63, 3.8) is 0 Å². The van der Waals surface area contributed by atoms with Gasteiger partial charge in [-0.1, -0.05) is 152 Å². The topological polar surface area (TPSA) is 210 Å². The number of rotatable bonds is 40. The van der Waals surface area contributed by atoms with E-state index in [9.17, 15) is 44.6 Å². The third-order valence-electron chi connectivity index (χ3n) is 11.1. The van der Waals surface area contributed by atoms with Crippen LogP contribution in [0.4, 0.5) is 0 Å². The van der Waals surface area contributed by atoms with Gasteiger partial charge in [0.1, 0.15) is 43.2 Å². The molecular formula is C49H87O13P. The molecule has 1 aliphatic rings. The average Bonchev–Trinajstić information content (AvgIpc) is 3.26. The van der Waals surface area contributed by atoms with Crippen LogP contribution < -0.4 is 0 Å². The van der Waals surface area contributed by atoms with E-state index in [2.05, 4.69) is 62.5 Å². The monoisotopic (exact) mass is 915 g/mol. The lowest BCUT2D eigenvalue weighted by Crippen LogP contribution is -2.64. The molecule has 14 heteroatoms. The zero-order valence-electron chi connectivity index (χ0n) is 38.9. The van der Waals surface area contributed by atoms with E-state index in [4.69, 9.17) is 18.5 Å². The van der Waals surface area contributed by atoms with Crippen molar-refractivity contribution in [2.24, 2.45) is 0 Å². The molecule has 0 heterocycles. The van der Waals surface area contributed by atoms with Crippen LogP contribution in [0.5, 0.6) is 0 Å². The van der Waals surface area contributed by atoms with Crippen molar-refractivity contribution in [3.8, 4) is 0 Å². The predicted molar refractivity (Wildman–Crippen MR) is 249 cm³/mol. The summed E-state index contributed by atoms with van der Waals surface area (Å²) < 4.78 is 33.5. The van der Waals surface area contributed by atoms with Crippen molar-refractivity contribution < 1.29 is 63.1 Å². The van der Waals surface area contributed by atoms with E-state index in [-0.39, 0.29) is 12.8 Å². The van der Waals surface area contributed by atoms with Crippen LogP contribution in [0.15, 0.2) is 48.6 Å². The summed E-state index contributed by atoms with van der Waals surface area (Å²) in [6.07, 6.45) is 33.1. The van der Waals surface area contributed by atoms with E-state index in [1.54, 1.807) is 0 Å². The maximum absolute atomic E-state index is 12.8. The molecule has 1 rings (SSSR count). The molecule has 0 saturated heterocycles. The van der Waals surface area contributed by atoms with E-state index < -0.39 is 75.7 Å². The summed E-state index contributed by atoms with van der Waals surface area (Å²) in [5, 5.41) is 50.2. The Hall–Kier alpha value is -2.19. The molecule has 1 aliphatic carbocycles. The Morgan fingerprint density at radius 2 is 0.857 bits per heavy atom. The number of hydrogen-bond donors (Lipinski definition) is 6. The van der Waals surface area contributed by atoms with Crippen molar-refractivity contribution in [1.29, 1.82) is 0 Å². The SMILES string of the molecule is CCCCC/C=C\C/C=C\C/C=C\CCCCC(=O)OC[C@H](COP(=O)(O)OC1C(O)C(O)C(O)[C@@H](O)C1O)OC(=O)CCCCCCCCC/C=C\CCCCCCCCCC. The van der Waals surface area contributed by atoms with Crippen LogP contribution in [-0.2, 0) is 32.7 Å². The van der Waals surface area contributed by atoms with Gasteiger partial charge in [-0.3, -0.25) is 18.6 Å². The molecule has 0 aromatic rings. The van der Waals surface area contributed by atoms with Crippen molar-refractivity contribution in [2.45, 2.75) is 236 Å². The minimum Gasteiger partial charge on any atom is -0.462 e. The van der Waals surface area contributed by atoms with Crippen LogP contribution in [0.1, 0.15) is 194 Å². The van der Waals surface area contributed by atoms with Gasteiger partial charge >= 0.3 is 19.8 Å². The highest BCUT2D eigenvalue weighted by Crippen LogP contribution is 2.47. The molecule has 0 spiro atoms. The normalized spacial score (nSPS) is 22.1. The maximum Gasteiger partial charge on any atom is 0.472 e. The van der Waals surface area contributed by atoms with Gasteiger partial charge in [-0.2, -0.15) is 0 Å². The summed E-state index contributed by atoms with van der Waals surface area (Å²) in [5.74, 6) is -1.15. The fraction of sp³-hybridized carbons (Fsp3) is 0.796. The van der Waals surface area contributed by atoms with Gasteiger partial charge in [0.25, 0.3) is 0 Å². The van der Waals surface area contributed by atoms with Crippen LogP contribution >= 0.6 is 7.82 Å². The predicted octanol–water partition coefficient (Wildman–Crippen LogP) is 9.95. The van der Waals surface area contributed by atoms with Gasteiger partial charge in [0, 0.05) is 12.8 Å². The number of unbranched alkanes of at least 4 members (excludes halogenated alkanes) is 20. The van der Waals surface area contributed by atoms with Gasteiger partial charge in [0.2, 0.25) is 0 Å². The van der Waals surface area contributed by atoms with Crippen LogP contribution in [0, 0.1) is 0 Å². The molecule has 6 unspecified atom stereocenters. The minimum absolute atomic E-state index is 0.0828. The third kappa shape index (κ3) is 31.4. The standard InChI is InChI=1S/C49H87O13P/c1-3-5-7-9-11-13-15-17-19-20-21-22-24-26-28-30-32-34-36-38-43(51)61-41(40-60-63(57,58)62-49-47(55)45(53)44(52)46(54)48(49)56)39-59-42(50)37-35-33-31-29-27-25-23-18-16-14-12-10-8-6-4-2/h12,14,18,20-21,23,27,29,41,44-49,52-56H,3-11,13,15-17,19,22,24-26,28,30-40H2,1-2H3,(H,57,58)/b14-12-,21-20-,23-18-,29-27-/t41-,44?,45-,46?,47?,48?,49?/m1/s1. The lowest BCUT2D eigenvalue weighted by Gasteiger charge is -2.41. The molecule has 1 fully saturated rings. The zero-order valence-corrected chi connectivity index (χ0v) is 39.8. The quantitative estimate of drug-likeness (QED) is 0.0147. The first-order chi connectivity index (χ1) is 30.4. The molecule has 8 atom stereocenters. The second-order valence-corrected chi connectivity index (χ2v) is 18.4. The largest absolute Gasteiger partial charge is 0.472 e. The first-order valence-corrected chi connectivity index (χ1v) is 25.9.